The minimum atomic E-state index is -3.22. The normalized spacial score (nSPS) is 12.2. The van der Waals surface area contributed by atoms with E-state index in [1.807, 2.05) is 13.8 Å². The molecule has 7 heteroatoms. The van der Waals surface area contributed by atoms with Gasteiger partial charge in [-0.2, -0.15) is 0 Å². The van der Waals surface area contributed by atoms with Crippen LogP contribution in [0.4, 0.5) is 0 Å². The van der Waals surface area contributed by atoms with Gasteiger partial charge in [-0.15, -0.1) is 0 Å². The van der Waals surface area contributed by atoms with Crippen molar-refractivity contribution in [2.75, 3.05) is 38.6 Å². The topological polar surface area (TPSA) is 79.8 Å². The number of sulfone groups is 1. The maximum atomic E-state index is 12.2. The van der Waals surface area contributed by atoms with Crippen LogP contribution in [0, 0.1) is 0 Å². The summed E-state index contributed by atoms with van der Waals surface area (Å²) in [5.74, 6) is 0.781. The highest BCUT2D eigenvalue weighted by Gasteiger charge is 2.12. The summed E-state index contributed by atoms with van der Waals surface area (Å²) in [5.41, 5.74) is 0. The molecule has 130 valence electrons. The molecule has 0 saturated carbocycles. The zero-order valence-corrected chi connectivity index (χ0v) is 14.7. The summed E-state index contributed by atoms with van der Waals surface area (Å²) in [6.45, 7) is 7.11. The quantitative estimate of drug-likeness (QED) is 0.382. The Balaban J connectivity index is 2.42. The molecule has 1 aromatic rings. The van der Waals surface area contributed by atoms with Crippen molar-refractivity contribution in [2.45, 2.75) is 25.2 Å². The van der Waals surface area contributed by atoms with Gasteiger partial charge < -0.3 is 15.4 Å². The highest BCUT2D eigenvalue weighted by molar-refractivity contribution is 7.91. The maximum Gasteiger partial charge on any atom is 0.191 e. The summed E-state index contributed by atoms with van der Waals surface area (Å²) in [7, 11) is -3.22. The van der Waals surface area contributed by atoms with Gasteiger partial charge in [-0.3, -0.25) is 4.99 Å². The SMILES string of the molecule is CCNC(=NCCCS(=O)(=O)c1ccccc1)NCCOCC. The Morgan fingerprint density at radius 3 is 2.57 bits per heavy atom. The van der Waals surface area contributed by atoms with Crippen LogP contribution < -0.4 is 10.6 Å². The van der Waals surface area contributed by atoms with E-state index in [9.17, 15) is 8.42 Å². The van der Waals surface area contributed by atoms with Crippen LogP contribution in [0.25, 0.3) is 0 Å². The second kappa shape index (κ2) is 11.0. The highest BCUT2D eigenvalue weighted by atomic mass is 32.2. The standard InChI is InChI=1S/C16H27N3O3S/c1-3-17-16(19-12-13-22-4-2)18-11-8-14-23(20,21)15-9-6-5-7-10-15/h5-7,9-10H,3-4,8,11-14H2,1-2H3,(H2,17,18,19). The molecule has 1 rings (SSSR count). The molecule has 0 radical (unpaired) electrons. The van der Waals surface area contributed by atoms with Crippen LogP contribution in [0.5, 0.6) is 0 Å². The van der Waals surface area contributed by atoms with Gasteiger partial charge in [-0.1, -0.05) is 18.2 Å². The molecule has 0 amide bonds. The number of nitrogens with zero attached hydrogens (tertiary/aromatic N) is 1. The lowest BCUT2D eigenvalue weighted by atomic mass is 10.4. The summed E-state index contributed by atoms with van der Waals surface area (Å²) in [6.07, 6.45) is 0.485. The first kappa shape index (κ1) is 19.4. The molecule has 0 saturated heterocycles. The fraction of sp³-hybridized carbons (Fsp3) is 0.562. The van der Waals surface area contributed by atoms with E-state index in [0.29, 0.717) is 43.6 Å². The van der Waals surface area contributed by atoms with E-state index in [4.69, 9.17) is 4.74 Å². The van der Waals surface area contributed by atoms with Gasteiger partial charge in [0, 0.05) is 26.2 Å². The molecule has 0 aliphatic heterocycles. The average Bonchev–Trinajstić information content (AvgIpc) is 2.56. The number of hydrogen-bond donors (Lipinski definition) is 2. The molecular formula is C16H27N3O3S. The van der Waals surface area contributed by atoms with Gasteiger partial charge in [-0.05, 0) is 32.4 Å². The summed E-state index contributed by atoms with van der Waals surface area (Å²) >= 11 is 0. The van der Waals surface area contributed by atoms with Gasteiger partial charge in [0.15, 0.2) is 15.8 Å². The van der Waals surface area contributed by atoms with E-state index in [1.165, 1.54) is 0 Å². The van der Waals surface area contributed by atoms with Crippen LogP contribution in [-0.2, 0) is 14.6 Å². The van der Waals surface area contributed by atoms with Crippen molar-refractivity contribution in [3.05, 3.63) is 30.3 Å². The zero-order chi connectivity index (χ0) is 17.0. The summed E-state index contributed by atoms with van der Waals surface area (Å²) in [6, 6.07) is 8.52. The second-order valence-corrected chi connectivity index (χ2v) is 6.98. The third kappa shape index (κ3) is 7.99. The molecule has 0 aromatic heterocycles. The molecule has 0 atom stereocenters. The van der Waals surface area contributed by atoms with Crippen molar-refractivity contribution in [3.8, 4) is 0 Å². The number of hydrogen-bond acceptors (Lipinski definition) is 4. The summed E-state index contributed by atoms with van der Waals surface area (Å²) < 4.78 is 29.6. The highest BCUT2D eigenvalue weighted by Crippen LogP contribution is 2.10. The van der Waals surface area contributed by atoms with Crippen LogP contribution >= 0.6 is 0 Å². The molecule has 0 aliphatic rings. The van der Waals surface area contributed by atoms with Gasteiger partial charge in [0.05, 0.1) is 17.3 Å². The monoisotopic (exact) mass is 341 g/mol. The second-order valence-electron chi connectivity index (χ2n) is 4.87. The van der Waals surface area contributed by atoms with Gasteiger partial charge >= 0.3 is 0 Å². The van der Waals surface area contributed by atoms with Crippen molar-refractivity contribution in [2.24, 2.45) is 4.99 Å². The smallest absolute Gasteiger partial charge is 0.191 e. The van der Waals surface area contributed by atoms with Crippen LogP contribution in [0.1, 0.15) is 20.3 Å². The largest absolute Gasteiger partial charge is 0.380 e. The van der Waals surface area contributed by atoms with Crippen molar-refractivity contribution in [1.29, 1.82) is 0 Å². The van der Waals surface area contributed by atoms with Crippen LogP contribution in [0.15, 0.2) is 40.2 Å². The number of ether oxygens (including phenoxy) is 1. The minimum Gasteiger partial charge on any atom is -0.380 e. The molecule has 1 aromatic carbocycles. The number of guanidine groups is 1. The lowest BCUT2D eigenvalue weighted by Crippen LogP contribution is -2.39. The third-order valence-electron chi connectivity index (χ3n) is 3.03. The number of rotatable bonds is 10. The van der Waals surface area contributed by atoms with Crippen molar-refractivity contribution in [1.82, 2.24) is 10.6 Å². The predicted octanol–water partition coefficient (Wildman–Crippen LogP) is 1.44. The van der Waals surface area contributed by atoms with Crippen LogP contribution in [-0.4, -0.2) is 53.0 Å². The first-order valence-corrected chi connectivity index (χ1v) is 9.63. The van der Waals surface area contributed by atoms with Gasteiger partial charge in [0.25, 0.3) is 0 Å². The van der Waals surface area contributed by atoms with Crippen LogP contribution in [0.3, 0.4) is 0 Å². The molecule has 23 heavy (non-hydrogen) atoms. The number of nitrogens with one attached hydrogen (secondary N) is 2. The molecule has 0 aliphatic carbocycles. The van der Waals surface area contributed by atoms with Crippen molar-refractivity contribution in [3.63, 3.8) is 0 Å². The van der Waals surface area contributed by atoms with E-state index < -0.39 is 9.84 Å². The molecular weight excluding hydrogens is 314 g/mol. The fourth-order valence-corrected chi connectivity index (χ4v) is 3.24. The lowest BCUT2D eigenvalue weighted by molar-refractivity contribution is 0.152. The molecule has 0 bridgehead atoms. The number of benzene rings is 1. The molecule has 6 nitrogen and oxygen atoms in total. The van der Waals surface area contributed by atoms with Crippen LogP contribution in [0.2, 0.25) is 0 Å². The lowest BCUT2D eigenvalue weighted by Gasteiger charge is -2.11. The van der Waals surface area contributed by atoms with E-state index in [0.717, 1.165) is 6.54 Å². The van der Waals surface area contributed by atoms with Gasteiger partial charge in [0.1, 0.15) is 0 Å². The summed E-state index contributed by atoms with van der Waals surface area (Å²) in [4.78, 5) is 4.75. The van der Waals surface area contributed by atoms with Gasteiger partial charge in [0.2, 0.25) is 0 Å². The fourth-order valence-electron chi connectivity index (χ4n) is 1.92. The average molecular weight is 341 g/mol. The molecule has 0 heterocycles. The first-order chi connectivity index (χ1) is 11.1. The molecule has 2 N–H and O–H groups in total. The Bertz CT molecular complexity index is 559. The Labute approximate surface area is 139 Å². The van der Waals surface area contributed by atoms with Gasteiger partial charge in [-0.25, -0.2) is 8.42 Å². The Kier molecular flexibility index (Phi) is 9.31. The Morgan fingerprint density at radius 2 is 1.91 bits per heavy atom. The summed E-state index contributed by atoms with van der Waals surface area (Å²) in [5, 5.41) is 6.27. The maximum absolute atomic E-state index is 12.2. The van der Waals surface area contributed by atoms with E-state index in [1.54, 1.807) is 30.3 Å². The van der Waals surface area contributed by atoms with E-state index in [-0.39, 0.29) is 5.75 Å². The molecule has 0 unspecified atom stereocenters. The number of aliphatic imine (C=N–C) groups is 1. The third-order valence-corrected chi connectivity index (χ3v) is 4.85. The first-order valence-electron chi connectivity index (χ1n) is 7.98. The van der Waals surface area contributed by atoms with Crippen molar-refractivity contribution >= 4 is 15.8 Å². The molecule has 0 spiro atoms. The zero-order valence-electron chi connectivity index (χ0n) is 13.9. The Morgan fingerprint density at radius 1 is 1.17 bits per heavy atom. The Hall–Kier alpha value is -1.60. The minimum absolute atomic E-state index is 0.0961. The predicted molar refractivity (Wildman–Crippen MR) is 93.6 cm³/mol. The van der Waals surface area contributed by atoms with Crippen molar-refractivity contribution < 1.29 is 13.2 Å². The van der Waals surface area contributed by atoms with E-state index >= 15 is 0 Å². The van der Waals surface area contributed by atoms with E-state index in [2.05, 4.69) is 15.6 Å². The molecule has 0 fully saturated rings.